The number of nitrogens with zero attached hydrogens (tertiary/aromatic N) is 6. The van der Waals surface area contributed by atoms with Gasteiger partial charge in [0, 0.05) is 75.7 Å². The predicted octanol–water partition coefficient (Wildman–Crippen LogP) is 4.84. The predicted molar refractivity (Wildman–Crippen MR) is 256 cm³/mol. The Morgan fingerprint density at radius 2 is 1.63 bits per heavy atom. The summed E-state index contributed by atoms with van der Waals surface area (Å²) >= 11 is 6.46. The molecule has 1 unspecified atom stereocenters. The normalized spacial score (nSPS) is 18.2. The number of hydrogen-bond acceptors (Lipinski definition) is 16. The number of amides is 5. The van der Waals surface area contributed by atoms with Gasteiger partial charge in [0.15, 0.2) is 15.7 Å². The van der Waals surface area contributed by atoms with Crippen LogP contribution in [0.4, 0.5) is 34.5 Å². The number of rotatable bonds is 17. The van der Waals surface area contributed by atoms with Crippen LogP contribution in [0.25, 0.3) is 0 Å². The first-order chi connectivity index (χ1) is 32.7. The largest absolute Gasteiger partial charge is 0.494 e. The standard InChI is InChI=1S/C47H55ClN10O9S/c1-29(2)68(64,65)39-10-5-4-8-35(39)51-43-33(48)28-50-47(54-43)52-34-12-11-31(27-38(34)66-3)55-19-15-30(16-20-55)56-21-23-57(24-22-56)41(60)17-25-67-26-18-49-36-9-6-7-32-42(36)46(63)58(45(32)62)37-13-14-40(59)53-44(37)61/h4-12,27-30,37,49H,13-26H2,1-3H3,(H,53,59,61)(H2,50,51,52,54). The number of methoxy groups -OCH3 is 1. The van der Waals surface area contributed by atoms with Crippen molar-refractivity contribution in [1.82, 2.24) is 30.0 Å². The lowest BCUT2D eigenvalue weighted by Gasteiger charge is -2.43. The van der Waals surface area contributed by atoms with Gasteiger partial charge >= 0.3 is 0 Å². The highest BCUT2D eigenvalue weighted by Crippen LogP contribution is 2.36. The van der Waals surface area contributed by atoms with Crippen molar-refractivity contribution in [2.75, 3.05) is 87.0 Å². The third-order valence-corrected chi connectivity index (χ3v) is 15.2. The smallest absolute Gasteiger partial charge is 0.264 e. The number of piperazine rings is 1. The van der Waals surface area contributed by atoms with Gasteiger partial charge in [-0.3, -0.25) is 39.1 Å². The van der Waals surface area contributed by atoms with E-state index in [0.29, 0.717) is 48.5 Å². The summed E-state index contributed by atoms with van der Waals surface area (Å²) in [6, 6.07) is 16.8. The number of aromatic nitrogens is 2. The Balaban J connectivity index is 0.756. The molecule has 0 aliphatic carbocycles. The maximum Gasteiger partial charge on any atom is 0.264 e. The number of carbonyl (C=O) groups excluding carboxylic acids is 5. The number of piperidine rings is 2. The fourth-order valence-electron chi connectivity index (χ4n) is 8.98. The molecule has 5 amide bonds. The topological polar surface area (TPSA) is 225 Å². The maximum atomic E-state index is 13.3. The molecule has 3 saturated heterocycles. The fraction of sp³-hybridized carbons (Fsp3) is 0.426. The van der Waals surface area contributed by atoms with E-state index in [-0.39, 0.29) is 71.2 Å². The molecule has 360 valence electrons. The summed E-state index contributed by atoms with van der Waals surface area (Å²) in [6.07, 6.45) is 3.77. The van der Waals surface area contributed by atoms with Crippen LogP contribution in [0.1, 0.15) is 66.7 Å². The lowest BCUT2D eigenvalue weighted by Crippen LogP contribution is -2.54. The van der Waals surface area contributed by atoms with Crippen LogP contribution < -0.4 is 30.9 Å². The average molecular weight is 972 g/mol. The molecule has 4 N–H and O–H groups in total. The fourth-order valence-corrected chi connectivity index (χ4v) is 10.3. The van der Waals surface area contributed by atoms with Crippen molar-refractivity contribution in [3.8, 4) is 5.75 Å². The van der Waals surface area contributed by atoms with Crippen molar-refractivity contribution >= 4 is 85.5 Å². The minimum atomic E-state index is -3.58. The van der Waals surface area contributed by atoms with Gasteiger partial charge in [-0.2, -0.15) is 4.98 Å². The van der Waals surface area contributed by atoms with Crippen molar-refractivity contribution in [3.63, 3.8) is 0 Å². The number of halogens is 1. The minimum absolute atomic E-state index is 0.0399. The Bertz CT molecular complexity index is 2690. The van der Waals surface area contributed by atoms with E-state index < -0.39 is 44.8 Å². The summed E-state index contributed by atoms with van der Waals surface area (Å²) in [5.41, 5.74) is 2.85. The van der Waals surface area contributed by atoms with Crippen molar-refractivity contribution in [2.45, 2.75) is 68.2 Å². The number of para-hydroxylation sites is 1. The number of benzene rings is 3. The number of sulfone groups is 1. The van der Waals surface area contributed by atoms with Crippen molar-refractivity contribution in [2.24, 2.45) is 0 Å². The molecule has 4 aliphatic heterocycles. The molecule has 0 spiro atoms. The quantitative estimate of drug-likeness (QED) is 0.0821. The van der Waals surface area contributed by atoms with Crippen LogP contribution in [0.15, 0.2) is 71.8 Å². The third-order valence-electron chi connectivity index (χ3n) is 12.7. The van der Waals surface area contributed by atoms with Crippen LogP contribution in [-0.4, -0.2) is 146 Å². The Hall–Kier alpha value is -6.35. The summed E-state index contributed by atoms with van der Waals surface area (Å²) in [4.78, 5) is 80.3. The molecular weight excluding hydrogens is 916 g/mol. The summed E-state index contributed by atoms with van der Waals surface area (Å²) in [5, 5.41) is 11.3. The van der Waals surface area contributed by atoms with E-state index in [0.717, 1.165) is 49.6 Å². The molecule has 4 aromatic rings. The molecule has 21 heteroatoms. The maximum absolute atomic E-state index is 13.3. The van der Waals surface area contributed by atoms with Gasteiger partial charge in [-0.15, -0.1) is 0 Å². The van der Waals surface area contributed by atoms with Gasteiger partial charge < -0.3 is 35.2 Å². The number of nitrogens with one attached hydrogen (secondary N) is 4. The number of ether oxygens (including phenoxy) is 2. The number of hydrogen-bond donors (Lipinski definition) is 4. The molecule has 0 bridgehead atoms. The minimum Gasteiger partial charge on any atom is -0.494 e. The Labute approximate surface area is 399 Å². The first-order valence-electron chi connectivity index (χ1n) is 22.7. The zero-order chi connectivity index (χ0) is 48.1. The molecule has 1 aromatic heterocycles. The molecule has 0 radical (unpaired) electrons. The Morgan fingerprint density at radius 1 is 0.882 bits per heavy atom. The first-order valence-corrected chi connectivity index (χ1v) is 24.7. The second-order valence-corrected chi connectivity index (χ2v) is 20.1. The zero-order valence-corrected chi connectivity index (χ0v) is 39.7. The molecule has 5 heterocycles. The van der Waals surface area contributed by atoms with E-state index in [4.69, 9.17) is 21.1 Å². The summed E-state index contributed by atoms with van der Waals surface area (Å²) in [7, 11) is -1.98. The third kappa shape index (κ3) is 10.4. The number of fused-ring (bicyclic) bond motifs is 1. The van der Waals surface area contributed by atoms with Gasteiger partial charge in [-0.05, 0) is 69.5 Å². The second kappa shape index (κ2) is 20.9. The summed E-state index contributed by atoms with van der Waals surface area (Å²) in [6.45, 7) is 8.71. The molecule has 1 atom stereocenters. The van der Waals surface area contributed by atoms with E-state index in [1.807, 2.05) is 23.1 Å². The van der Waals surface area contributed by atoms with Crippen LogP contribution in [0, 0.1) is 0 Å². The van der Waals surface area contributed by atoms with Gasteiger partial charge in [0.1, 0.15) is 16.8 Å². The van der Waals surface area contributed by atoms with Gasteiger partial charge in [0.05, 0.1) is 65.6 Å². The highest BCUT2D eigenvalue weighted by molar-refractivity contribution is 7.92. The number of imide groups is 2. The molecule has 68 heavy (non-hydrogen) atoms. The van der Waals surface area contributed by atoms with E-state index in [1.165, 1.54) is 6.20 Å². The van der Waals surface area contributed by atoms with Crippen LogP contribution in [0.3, 0.4) is 0 Å². The van der Waals surface area contributed by atoms with E-state index >= 15 is 0 Å². The molecule has 0 saturated carbocycles. The molecule has 3 aromatic carbocycles. The van der Waals surface area contributed by atoms with Crippen LogP contribution in [0.5, 0.6) is 5.75 Å². The molecule has 3 fully saturated rings. The average Bonchev–Trinajstić information content (AvgIpc) is 3.59. The molecule has 19 nitrogen and oxygen atoms in total. The van der Waals surface area contributed by atoms with Gasteiger partial charge in [-0.1, -0.05) is 29.8 Å². The first kappa shape index (κ1) is 48.1. The van der Waals surface area contributed by atoms with E-state index in [2.05, 4.69) is 41.0 Å². The molecule has 8 rings (SSSR count). The Kier molecular flexibility index (Phi) is 14.8. The van der Waals surface area contributed by atoms with Crippen LogP contribution in [-0.2, 0) is 29.0 Å². The Morgan fingerprint density at radius 3 is 2.37 bits per heavy atom. The van der Waals surface area contributed by atoms with Crippen molar-refractivity contribution in [1.29, 1.82) is 0 Å². The van der Waals surface area contributed by atoms with Gasteiger partial charge in [-0.25, -0.2) is 13.4 Å². The number of anilines is 6. The SMILES string of the molecule is COc1cc(N2CCC(N3CCN(C(=O)CCOCCNc4cccc5c4C(=O)N(C4CCC(=O)NC4=O)C5=O)CC3)CC2)ccc1Nc1ncc(Cl)c(Nc2ccccc2S(=O)(=O)C(C)C)n1. The monoisotopic (exact) mass is 970 g/mol. The molecule has 4 aliphatic rings. The van der Waals surface area contributed by atoms with Gasteiger partial charge in [0.2, 0.25) is 23.7 Å². The van der Waals surface area contributed by atoms with E-state index in [1.54, 1.807) is 63.4 Å². The van der Waals surface area contributed by atoms with Crippen LogP contribution >= 0.6 is 11.6 Å². The van der Waals surface area contributed by atoms with Crippen molar-refractivity contribution < 1.29 is 41.9 Å². The van der Waals surface area contributed by atoms with E-state index in [9.17, 15) is 32.4 Å². The second-order valence-electron chi connectivity index (χ2n) is 17.2. The van der Waals surface area contributed by atoms with Crippen molar-refractivity contribution in [3.05, 3.63) is 83.0 Å². The zero-order valence-electron chi connectivity index (χ0n) is 38.1. The lowest BCUT2D eigenvalue weighted by molar-refractivity contribution is -0.136. The van der Waals surface area contributed by atoms with Gasteiger partial charge in [0.25, 0.3) is 11.8 Å². The highest BCUT2D eigenvalue weighted by atomic mass is 35.5. The number of carbonyl (C=O) groups is 5. The highest BCUT2D eigenvalue weighted by Gasteiger charge is 2.45. The molecular formula is C47H55ClN10O9S. The van der Waals surface area contributed by atoms with Crippen LogP contribution in [0.2, 0.25) is 5.02 Å². The lowest BCUT2D eigenvalue weighted by atomic mass is 10.0. The summed E-state index contributed by atoms with van der Waals surface area (Å²) in [5.74, 6) is -1.12. The summed E-state index contributed by atoms with van der Waals surface area (Å²) < 4.78 is 37.6.